The number of ether oxygens (including phenoxy) is 1. The zero-order chi connectivity index (χ0) is 15.2. The number of aryl methyl sites for hydroxylation is 1. The van der Waals surface area contributed by atoms with Gasteiger partial charge < -0.3 is 15.2 Å². The van der Waals surface area contributed by atoms with Crippen LogP contribution in [0.5, 0.6) is 5.75 Å². The van der Waals surface area contributed by atoms with Crippen LogP contribution in [-0.2, 0) is 0 Å². The van der Waals surface area contributed by atoms with E-state index in [0.29, 0.717) is 17.3 Å². The van der Waals surface area contributed by atoms with Gasteiger partial charge in [-0.2, -0.15) is 0 Å². The minimum absolute atomic E-state index is 0.113. The number of aliphatic hydroxyl groups is 1. The summed E-state index contributed by atoms with van der Waals surface area (Å²) in [4.78, 5) is 0. The Balaban J connectivity index is 1.80. The molecule has 2 aromatic rings. The average Bonchev–Trinajstić information content (AvgIpc) is 2.47. The van der Waals surface area contributed by atoms with E-state index in [9.17, 15) is 9.50 Å². The number of halogens is 2. The Morgan fingerprint density at radius 3 is 2.67 bits per heavy atom. The van der Waals surface area contributed by atoms with E-state index in [1.165, 1.54) is 24.3 Å². The quantitative estimate of drug-likeness (QED) is 0.856. The predicted molar refractivity (Wildman–Crippen MR) is 82.6 cm³/mol. The van der Waals surface area contributed by atoms with Crippen LogP contribution in [0.25, 0.3) is 0 Å². The molecular weight excluding hydrogens is 293 g/mol. The lowest BCUT2D eigenvalue weighted by atomic mass is 10.2. The van der Waals surface area contributed by atoms with E-state index in [4.69, 9.17) is 16.3 Å². The van der Waals surface area contributed by atoms with Crippen molar-refractivity contribution >= 4 is 17.3 Å². The first kappa shape index (κ1) is 15.6. The predicted octanol–water partition coefficient (Wildman–Crippen LogP) is 3.64. The van der Waals surface area contributed by atoms with Crippen molar-refractivity contribution in [2.24, 2.45) is 0 Å². The number of hydrogen-bond acceptors (Lipinski definition) is 3. The summed E-state index contributed by atoms with van der Waals surface area (Å²) in [6, 6.07) is 11.3. The molecule has 1 atom stereocenters. The second kappa shape index (κ2) is 7.29. The summed E-state index contributed by atoms with van der Waals surface area (Å²) in [6.07, 6.45) is -0.702. The summed E-state index contributed by atoms with van der Waals surface area (Å²) in [7, 11) is 0. The van der Waals surface area contributed by atoms with Crippen LogP contribution in [0.3, 0.4) is 0 Å². The third-order valence-corrected chi connectivity index (χ3v) is 3.24. The third kappa shape index (κ3) is 4.92. The highest BCUT2D eigenvalue weighted by Crippen LogP contribution is 2.22. The number of rotatable bonds is 6. The molecule has 0 saturated carbocycles. The first-order valence-corrected chi connectivity index (χ1v) is 6.99. The van der Waals surface area contributed by atoms with Gasteiger partial charge in [0.25, 0.3) is 0 Å². The van der Waals surface area contributed by atoms with E-state index < -0.39 is 6.10 Å². The molecular formula is C16H17ClFNO2. The first-order valence-electron chi connectivity index (χ1n) is 6.61. The Morgan fingerprint density at radius 1 is 1.24 bits per heavy atom. The van der Waals surface area contributed by atoms with Crippen LogP contribution >= 0.6 is 11.6 Å². The van der Waals surface area contributed by atoms with Crippen molar-refractivity contribution in [2.45, 2.75) is 13.0 Å². The van der Waals surface area contributed by atoms with Crippen LogP contribution in [0.15, 0.2) is 42.5 Å². The van der Waals surface area contributed by atoms with Gasteiger partial charge in [0, 0.05) is 6.54 Å². The van der Waals surface area contributed by atoms with Gasteiger partial charge in [-0.1, -0.05) is 17.7 Å². The fourth-order valence-electron chi connectivity index (χ4n) is 1.78. The monoisotopic (exact) mass is 309 g/mol. The molecule has 2 rings (SSSR count). The molecule has 0 bridgehead atoms. The van der Waals surface area contributed by atoms with Crippen LogP contribution in [0.2, 0.25) is 5.02 Å². The number of benzene rings is 2. The maximum atomic E-state index is 12.7. The molecule has 0 aliphatic heterocycles. The lowest BCUT2D eigenvalue weighted by Gasteiger charge is -2.15. The van der Waals surface area contributed by atoms with E-state index in [1.54, 1.807) is 6.07 Å². The van der Waals surface area contributed by atoms with Gasteiger partial charge in [-0.15, -0.1) is 0 Å². The summed E-state index contributed by atoms with van der Waals surface area (Å²) >= 11 is 6.06. The van der Waals surface area contributed by atoms with Gasteiger partial charge in [0.2, 0.25) is 0 Å². The molecule has 3 nitrogen and oxygen atoms in total. The zero-order valence-electron chi connectivity index (χ0n) is 11.6. The van der Waals surface area contributed by atoms with Crippen molar-refractivity contribution in [3.8, 4) is 5.75 Å². The van der Waals surface area contributed by atoms with Crippen LogP contribution in [0.4, 0.5) is 10.1 Å². The van der Waals surface area contributed by atoms with Crippen molar-refractivity contribution in [3.05, 3.63) is 58.9 Å². The molecule has 21 heavy (non-hydrogen) atoms. The largest absolute Gasteiger partial charge is 0.491 e. The van der Waals surface area contributed by atoms with Gasteiger partial charge in [0.15, 0.2) is 0 Å². The second-order valence-electron chi connectivity index (χ2n) is 4.78. The van der Waals surface area contributed by atoms with Gasteiger partial charge in [-0.05, 0) is 48.9 Å². The Morgan fingerprint density at radius 2 is 1.95 bits per heavy atom. The molecule has 2 aromatic carbocycles. The highest BCUT2D eigenvalue weighted by Gasteiger charge is 2.07. The Labute approximate surface area is 128 Å². The molecule has 0 amide bonds. The van der Waals surface area contributed by atoms with Gasteiger partial charge in [0.1, 0.15) is 24.3 Å². The lowest BCUT2D eigenvalue weighted by molar-refractivity contribution is 0.117. The fraction of sp³-hybridized carbons (Fsp3) is 0.250. The van der Waals surface area contributed by atoms with Crippen molar-refractivity contribution < 1.29 is 14.2 Å². The van der Waals surface area contributed by atoms with E-state index in [0.717, 1.165) is 11.3 Å². The Kier molecular flexibility index (Phi) is 5.42. The molecule has 0 radical (unpaired) electrons. The first-order chi connectivity index (χ1) is 10.0. The van der Waals surface area contributed by atoms with Gasteiger partial charge in [-0.3, -0.25) is 0 Å². The van der Waals surface area contributed by atoms with Crippen molar-refractivity contribution in [2.75, 3.05) is 18.5 Å². The Hall–Kier alpha value is -1.78. The number of anilines is 1. The molecule has 112 valence electrons. The molecule has 0 aromatic heterocycles. The lowest BCUT2D eigenvalue weighted by Crippen LogP contribution is -2.26. The van der Waals surface area contributed by atoms with Crippen molar-refractivity contribution in [3.63, 3.8) is 0 Å². The molecule has 0 fully saturated rings. The topological polar surface area (TPSA) is 41.5 Å². The minimum Gasteiger partial charge on any atom is -0.491 e. The average molecular weight is 310 g/mol. The summed E-state index contributed by atoms with van der Waals surface area (Å²) in [5.74, 6) is 0.197. The SMILES string of the molecule is Cc1ccc(Cl)c(NCC(O)COc2ccc(F)cc2)c1. The number of aliphatic hydroxyl groups excluding tert-OH is 1. The number of hydrogen-bond donors (Lipinski definition) is 2. The summed E-state index contributed by atoms with van der Waals surface area (Å²) in [5.41, 5.74) is 1.86. The zero-order valence-corrected chi connectivity index (χ0v) is 12.4. The third-order valence-electron chi connectivity index (χ3n) is 2.91. The molecule has 5 heteroatoms. The Bertz CT molecular complexity index is 589. The molecule has 0 heterocycles. The van der Waals surface area contributed by atoms with Crippen molar-refractivity contribution in [1.82, 2.24) is 0 Å². The van der Waals surface area contributed by atoms with Gasteiger partial charge in [-0.25, -0.2) is 4.39 Å². The van der Waals surface area contributed by atoms with Crippen LogP contribution in [-0.4, -0.2) is 24.4 Å². The second-order valence-corrected chi connectivity index (χ2v) is 5.19. The molecule has 1 unspecified atom stereocenters. The molecule has 0 aliphatic rings. The van der Waals surface area contributed by atoms with E-state index in [-0.39, 0.29) is 12.4 Å². The molecule has 0 aliphatic carbocycles. The maximum absolute atomic E-state index is 12.7. The van der Waals surface area contributed by atoms with E-state index in [2.05, 4.69) is 5.32 Å². The van der Waals surface area contributed by atoms with Crippen LogP contribution < -0.4 is 10.1 Å². The highest BCUT2D eigenvalue weighted by atomic mass is 35.5. The molecule has 0 spiro atoms. The summed E-state index contributed by atoms with van der Waals surface area (Å²) < 4.78 is 18.1. The summed E-state index contributed by atoms with van der Waals surface area (Å²) in [5, 5.41) is 13.6. The minimum atomic E-state index is -0.702. The van der Waals surface area contributed by atoms with E-state index in [1.807, 2.05) is 19.1 Å². The van der Waals surface area contributed by atoms with Crippen LogP contribution in [0.1, 0.15) is 5.56 Å². The fourth-order valence-corrected chi connectivity index (χ4v) is 1.97. The van der Waals surface area contributed by atoms with Gasteiger partial charge in [0.05, 0.1) is 10.7 Å². The normalized spacial score (nSPS) is 12.0. The highest BCUT2D eigenvalue weighted by molar-refractivity contribution is 6.33. The summed E-state index contributed by atoms with van der Waals surface area (Å²) in [6.45, 7) is 2.39. The van der Waals surface area contributed by atoms with E-state index >= 15 is 0 Å². The van der Waals surface area contributed by atoms with Crippen molar-refractivity contribution in [1.29, 1.82) is 0 Å². The molecule has 2 N–H and O–H groups in total. The van der Waals surface area contributed by atoms with Gasteiger partial charge >= 0.3 is 0 Å². The molecule has 0 saturated heterocycles. The van der Waals surface area contributed by atoms with Crippen LogP contribution in [0, 0.1) is 12.7 Å². The maximum Gasteiger partial charge on any atom is 0.123 e. The standard InChI is InChI=1S/C16H17ClFNO2/c1-11-2-7-15(17)16(8-11)19-9-13(20)10-21-14-5-3-12(18)4-6-14/h2-8,13,19-20H,9-10H2,1H3. The smallest absolute Gasteiger partial charge is 0.123 e. The number of nitrogens with one attached hydrogen (secondary N) is 1.